The monoisotopic (exact) mass is 361 g/mol. The van der Waals surface area contributed by atoms with E-state index in [0.29, 0.717) is 5.69 Å². The standard InChI is InChI=1S/C18H16FNO4S/c1-3-12-5-4-6-14(9-12)20-11-17(18(21)24-2)25(22,23)16-8-7-13(19)10-15(16)20/h4-11H,3H2,1-2H3. The summed E-state index contributed by atoms with van der Waals surface area (Å²) in [7, 11) is -2.98. The highest BCUT2D eigenvalue weighted by molar-refractivity contribution is 7.96. The Morgan fingerprint density at radius 3 is 2.64 bits per heavy atom. The Labute approximate surface area is 145 Å². The lowest BCUT2D eigenvalue weighted by atomic mass is 10.1. The summed E-state index contributed by atoms with van der Waals surface area (Å²) < 4.78 is 43.8. The number of carbonyl (C=O) groups is 1. The molecule has 1 aliphatic heterocycles. The first-order valence-corrected chi connectivity index (χ1v) is 9.09. The van der Waals surface area contributed by atoms with Crippen LogP contribution in [0.25, 0.3) is 0 Å². The van der Waals surface area contributed by atoms with Crippen LogP contribution < -0.4 is 4.90 Å². The van der Waals surface area contributed by atoms with Gasteiger partial charge in [0.2, 0.25) is 9.84 Å². The first-order chi connectivity index (χ1) is 11.9. The molecule has 1 aliphatic rings. The second kappa shape index (κ2) is 6.33. The molecule has 0 fully saturated rings. The van der Waals surface area contributed by atoms with Crippen molar-refractivity contribution in [1.82, 2.24) is 0 Å². The van der Waals surface area contributed by atoms with Gasteiger partial charge in [0.15, 0.2) is 4.91 Å². The van der Waals surface area contributed by atoms with Crippen LogP contribution in [0.5, 0.6) is 0 Å². The fourth-order valence-electron chi connectivity index (χ4n) is 2.68. The van der Waals surface area contributed by atoms with Crippen molar-refractivity contribution in [3.63, 3.8) is 0 Å². The predicted molar refractivity (Wildman–Crippen MR) is 91.6 cm³/mol. The molecular formula is C18H16FNO4S. The highest BCUT2D eigenvalue weighted by Gasteiger charge is 2.36. The van der Waals surface area contributed by atoms with Gasteiger partial charge in [-0.05, 0) is 42.3 Å². The molecule has 25 heavy (non-hydrogen) atoms. The van der Waals surface area contributed by atoms with E-state index in [1.165, 1.54) is 11.1 Å². The number of esters is 1. The summed E-state index contributed by atoms with van der Waals surface area (Å²) in [5, 5.41) is 0. The van der Waals surface area contributed by atoms with E-state index in [-0.39, 0.29) is 10.6 Å². The molecule has 0 spiro atoms. The van der Waals surface area contributed by atoms with Crippen LogP contribution in [0.4, 0.5) is 15.8 Å². The third-order valence-electron chi connectivity index (χ3n) is 3.99. The van der Waals surface area contributed by atoms with Crippen molar-refractivity contribution in [2.45, 2.75) is 18.2 Å². The molecule has 2 aromatic carbocycles. The molecule has 130 valence electrons. The maximum Gasteiger partial charge on any atom is 0.351 e. The molecule has 3 rings (SSSR count). The van der Waals surface area contributed by atoms with E-state index in [0.717, 1.165) is 37.3 Å². The maximum absolute atomic E-state index is 13.8. The number of fused-ring (bicyclic) bond motifs is 1. The zero-order chi connectivity index (χ0) is 18.2. The van der Waals surface area contributed by atoms with Crippen LogP contribution >= 0.6 is 0 Å². The number of halogens is 1. The molecule has 7 heteroatoms. The fraction of sp³-hybridized carbons (Fsp3) is 0.167. The highest BCUT2D eigenvalue weighted by atomic mass is 32.2. The lowest BCUT2D eigenvalue weighted by Crippen LogP contribution is -2.26. The number of sulfone groups is 1. The predicted octanol–water partition coefficient (Wildman–Crippen LogP) is 3.33. The highest BCUT2D eigenvalue weighted by Crippen LogP contribution is 2.40. The summed E-state index contributed by atoms with van der Waals surface area (Å²) >= 11 is 0. The zero-order valence-corrected chi connectivity index (χ0v) is 14.5. The number of nitrogens with zero attached hydrogens (tertiary/aromatic N) is 1. The van der Waals surface area contributed by atoms with Gasteiger partial charge in [-0.3, -0.25) is 0 Å². The summed E-state index contributed by atoms with van der Waals surface area (Å²) in [5.74, 6) is -1.54. The average Bonchev–Trinajstić information content (AvgIpc) is 2.61. The lowest BCUT2D eigenvalue weighted by molar-refractivity contribution is -0.135. The Morgan fingerprint density at radius 2 is 1.96 bits per heavy atom. The molecule has 5 nitrogen and oxygen atoms in total. The van der Waals surface area contributed by atoms with Crippen LogP contribution in [0.2, 0.25) is 0 Å². The third-order valence-corrected chi connectivity index (χ3v) is 5.76. The molecule has 0 saturated heterocycles. The number of aryl methyl sites for hydroxylation is 1. The van der Waals surface area contributed by atoms with Crippen molar-refractivity contribution in [3.05, 3.63) is 65.0 Å². The topological polar surface area (TPSA) is 63.7 Å². The number of hydrogen-bond acceptors (Lipinski definition) is 5. The van der Waals surface area contributed by atoms with E-state index in [1.54, 1.807) is 6.07 Å². The van der Waals surface area contributed by atoms with E-state index in [1.807, 2.05) is 25.1 Å². The van der Waals surface area contributed by atoms with Crippen molar-refractivity contribution in [2.75, 3.05) is 12.0 Å². The van der Waals surface area contributed by atoms with Crippen LogP contribution in [0, 0.1) is 5.82 Å². The number of hydrogen-bond donors (Lipinski definition) is 0. The molecule has 0 bridgehead atoms. The minimum Gasteiger partial charge on any atom is -0.465 e. The minimum absolute atomic E-state index is 0.140. The van der Waals surface area contributed by atoms with Crippen molar-refractivity contribution in [2.24, 2.45) is 0 Å². The first kappa shape index (κ1) is 17.2. The lowest BCUT2D eigenvalue weighted by Gasteiger charge is -2.28. The Balaban J connectivity index is 2.29. The van der Waals surface area contributed by atoms with Gasteiger partial charge in [-0.25, -0.2) is 17.6 Å². The van der Waals surface area contributed by atoms with Gasteiger partial charge in [-0.15, -0.1) is 0 Å². The van der Waals surface area contributed by atoms with Crippen LogP contribution in [0.1, 0.15) is 12.5 Å². The second-order valence-corrected chi connectivity index (χ2v) is 7.38. The van der Waals surface area contributed by atoms with E-state index in [4.69, 9.17) is 0 Å². The molecular weight excluding hydrogens is 345 g/mol. The molecule has 0 aliphatic carbocycles. The molecule has 0 N–H and O–H groups in total. The molecule has 0 unspecified atom stereocenters. The Hall–Kier alpha value is -2.67. The van der Waals surface area contributed by atoms with Gasteiger partial charge < -0.3 is 9.64 Å². The summed E-state index contributed by atoms with van der Waals surface area (Å²) in [6.07, 6.45) is 1.96. The summed E-state index contributed by atoms with van der Waals surface area (Å²) in [5.41, 5.74) is 1.81. The van der Waals surface area contributed by atoms with Crippen molar-refractivity contribution in [3.8, 4) is 0 Å². The maximum atomic E-state index is 13.8. The average molecular weight is 361 g/mol. The van der Waals surface area contributed by atoms with E-state index < -0.39 is 26.5 Å². The minimum atomic E-state index is -4.09. The molecule has 0 atom stereocenters. The Morgan fingerprint density at radius 1 is 1.20 bits per heavy atom. The number of rotatable bonds is 3. The van der Waals surface area contributed by atoms with Crippen LogP contribution in [-0.4, -0.2) is 21.5 Å². The Kier molecular flexibility index (Phi) is 4.34. The molecule has 0 amide bonds. The van der Waals surface area contributed by atoms with Gasteiger partial charge in [0, 0.05) is 11.9 Å². The molecule has 0 aromatic heterocycles. The molecule has 1 heterocycles. The SMILES string of the molecule is CCc1cccc(N2C=C(C(=O)OC)S(=O)(=O)c3ccc(F)cc32)c1. The second-order valence-electron chi connectivity index (χ2n) is 5.49. The summed E-state index contributed by atoms with van der Waals surface area (Å²) in [6.45, 7) is 1.99. The number of carbonyl (C=O) groups excluding carboxylic acids is 1. The summed E-state index contributed by atoms with van der Waals surface area (Å²) in [6, 6.07) is 10.7. The largest absolute Gasteiger partial charge is 0.465 e. The normalized spacial score (nSPS) is 15.3. The number of methoxy groups -OCH3 is 1. The number of benzene rings is 2. The zero-order valence-electron chi connectivity index (χ0n) is 13.7. The number of anilines is 2. The van der Waals surface area contributed by atoms with Crippen LogP contribution in [-0.2, 0) is 25.8 Å². The smallest absolute Gasteiger partial charge is 0.351 e. The van der Waals surface area contributed by atoms with Gasteiger partial charge in [0.05, 0.1) is 17.7 Å². The molecule has 0 saturated carbocycles. The number of ether oxygens (including phenoxy) is 1. The van der Waals surface area contributed by atoms with Crippen LogP contribution in [0.15, 0.2) is 58.5 Å². The van der Waals surface area contributed by atoms with Gasteiger partial charge in [0.1, 0.15) is 5.82 Å². The fourth-order valence-corrected chi connectivity index (χ4v) is 4.15. The van der Waals surface area contributed by atoms with Gasteiger partial charge in [-0.1, -0.05) is 19.1 Å². The molecule has 2 aromatic rings. The first-order valence-electron chi connectivity index (χ1n) is 7.61. The van der Waals surface area contributed by atoms with E-state index in [2.05, 4.69) is 4.74 Å². The Bertz CT molecular complexity index is 982. The quantitative estimate of drug-likeness (QED) is 0.620. The van der Waals surface area contributed by atoms with Crippen LogP contribution in [0.3, 0.4) is 0 Å². The van der Waals surface area contributed by atoms with E-state index in [9.17, 15) is 17.6 Å². The van der Waals surface area contributed by atoms with Crippen molar-refractivity contribution >= 4 is 27.2 Å². The van der Waals surface area contributed by atoms with E-state index >= 15 is 0 Å². The van der Waals surface area contributed by atoms with Gasteiger partial charge in [0.25, 0.3) is 0 Å². The summed E-state index contributed by atoms with van der Waals surface area (Å²) in [4.78, 5) is 12.8. The van der Waals surface area contributed by atoms with Crippen molar-refractivity contribution < 1.29 is 22.3 Å². The third kappa shape index (κ3) is 2.91. The van der Waals surface area contributed by atoms with Crippen molar-refractivity contribution in [1.29, 1.82) is 0 Å². The molecule has 0 radical (unpaired) electrons. The van der Waals surface area contributed by atoms with Gasteiger partial charge >= 0.3 is 5.97 Å². The van der Waals surface area contributed by atoms with Gasteiger partial charge in [-0.2, -0.15) is 0 Å².